The van der Waals surface area contributed by atoms with Crippen molar-refractivity contribution in [3.8, 4) is 0 Å². The Bertz CT molecular complexity index is 350. The van der Waals surface area contributed by atoms with Crippen molar-refractivity contribution in [2.24, 2.45) is 5.92 Å². The van der Waals surface area contributed by atoms with Crippen LogP contribution in [0.1, 0.15) is 31.4 Å². The highest BCUT2D eigenvalue weighted by atomic mass is 35.5. The molecule has 0 aliphatic heterocycles. The van der Waals surface area contributed by atoms with Crippen molar-refractivity contribution >= 4 is 11.6 Å². The summed E-state index contributed by atoms with van der Waals surface area (Å²) in [5.41, 5.74) is 2.47. The first-order chi connectivity index (χ1) is 8.61. The van der Waals surface area contributed by atoms with Crippen LogP contribution < -0.4 is 10.6 Å². The van der Waals surface area contributed by atoms with E-state index in [9.17, 15) is 0 Å². The molecule has 0 saturated heterocycles. The number of hydrogen-bond donors (Lipinski definition) is 2. The van der Waals surface area contributed by atoms with Crippen LogP contribution in [0.3, 0.4) is 0 Å². The van der Waals surface area contributed by atoms with Gasteiger partial charge in [0, 0.05) is 11.6 Å². The van der Waals surface area contributed by atoms with Crippen molar-refractivity contribution in [2.75, 3.05) is 19.6 Å². The lowest BCUT2D eigenvalue weighted by Crippen LogP contribution is -2.24. The fraction of sp³-hybridized carbons (Fsp3) is 0.600. The third kappa shape index (κ3) is 5.85. The Morgan fingerprint density at radius 3 is 2.61 bits per heavy atom. The molecule has 1 aromatic rings. The van der Waals surface area contributed by atoms with Crippen molar-refractivity contribution in [1.29, 1.82) is 0 Å². The van der Waals surface area contributed by atoms with E-state index in [0.29, 0.717) is 0 Å². The average Bonchev–Trinajstić information content (AvgIpc) is 2.32. The molecule has 0 amide bonds. The molecule has 18 heavy (non-hydrogen) atoms. The fourth-order valence-electron chi connectivity index (χ4n) is 1.80. The third-order valence-electron chi connectivity index (χ3n) is 2.96. The van der Waals surface area contributed by atoms with Gasteiger partial charge in [0.05, 0.1) is 0 Å². The van der Waals surface area contributed by atoms with Gasteiger partial charge in [0.25, 0.3) is 0 Å². The molecule has 2 N–H and O–H groups in total. The molecule has 2 nitrogen and oxygen atoms in total. The topological polar surface area (TPSA) is 24.1 Å². The van der Waals surface area contributed by atoms with Gasteiger partial charge in [-0.25, -0.2) is 0 Å². The maximum absolute atomic E-state index is 6.09. The quantitative estimate of drug-likeness (QED) is 0.707. The van der Waals surface area contributed by atoms with E-state index in [1.54, 1.807) is 0 Å². The summed E-state index contributed by atoms with van der Waals surface area (Å²) in [5, 5.41) is 7.76. The Kier molecular flexibility index (Phi) is 7.33. The van der Waals surface area contributed by atoms with Crippen LogP contribution in [-0.4, -0.2) is 19.6 Å². The summed E-state index contributed by atoms with van der Waals surface area (Å²) >= 11 is 6.09. The molecule has 3 heteroatoms. The Morgan fingerprint density at radius 2 is 1.89 bits per heavy atom. The van der Waals surface area contributed by atoms with Crippen molar-refractivity contribution in [3.05, 3.63) is 34.3 Å². The number of nitrogens with one attached hydrogen (secondary N) is 2. The van der Waals surface area contributed by atoms with E-state index >= 15 is 0 Å². The summed E-state index contributed by atoms with van der Waals surface area (Å²) in [6.07, 6.45) is 1.16. The van der Waals surface area contributed by atoms with Crippen LogP contribution in [0.4, 0.5) is 0 Å². The Morgan fingerprint density at radius 1 is 1.17 bits per heavy atom. The van der Waals surface area contributed by atoms with Gasteiger partial charge in [-0.1, -0.05) is 37.6 Å². The smallest absolute Gasteiger partial charge is 0.0438 e. The first kappa shape index (κ1) is 15.5. The molecule has 0 atom stereocenters. The Labute approximate surface area is 116 Å². The molecule has 0 radical (unpaired) electrons. The third-order valence-corrected chi connectivity index (χ3v) is 3.36. The lowest BCUT2D eigenvalue weighted by Gasteiger charge is -2.10. The summed E-state index contributed by atoms with van der Waals surface area (Å²) in [6.45, 7) is 10.7. The van der Waals surface area contributed by atoms with Gasteiger partial charge in [0.2, 0.25) is 0 Å². The summed E-state index contributed by atoms with van der Waals surface area (Å²) in [5.74, 6) is 0.729. The average molecular weight is 269 g/mol. The first-order valence-electron chi connectivity index (χ1n) is 6.76. The van der Waals surface area contributed by atoms with E-state index in [0.717, 1.165) is 43.5 Å². The molecule has 0 fully saturated rings. The van der Waals surface area contributed by atoms with E-state index in [1.165, 1.54) is 11.1 Å². The Balaban J connectivity index is 2.13. The van der Waals surface area contributed by atoms with Gasteiger partial charge in [0.15, 0.2) is 0 Å². The van der Waals surface area contributed by atoms with Crippen LogP contribution in [0.5, 0.6) is 0 Å². The summed E-state index contributed by atoms with van der Waals surface area (Å²) in [4.78, 5) is 0. The summed E-state index contributed by atoms with van der Waals surface area (Å²) in [7, 11) is 0. The fourth-order valence-corrected chi connectivity index (χ4v) is 1.99. The van der Waals surface area contributed by atoms with Crippen LogP contribution in [0.25, 0.3) is 0 Å². The SMILES string of the molecule is Cc1c(Cl)cccc1CNCCCNCC(C)C. The molecule has 0 heterocycles. The molecular formula is C15H25ClN2. The lowest BCUT2D eigenvalue weighted by atomic mass is 10.1. The highest BCUT2D eigenvalue weighted by molar-refractivity contribution is 6.31. The predicted octanol–water partition coefficient (Wildman–Crippen LogP) is 3.37. The summed E-state index contributed by atoms with van der Waals surface area (Å²) < 4.78 is 0. The first-order valence-corrected chi connectivity index (χ1v) is 7.14. The molecule has 0 bridgehead atoms. The highest BCUT2D eigenvalue weighted by Crippen LogP contribution is 2.18. The van der Waals surface area contributed by atoms with E-state index in [-0.39, 0.29) is 0 Å². The second-order valence-corrected chi connectivity index (χ2v) is 5.56. The molecule has 0 saturated carbocycles. The van der Waals surface area contributed by atoms with Crippen LogP contribution in [0.2, 0.25) is 5.02 Å². The Hall–Kier alpha value is -0.570. The minimum Gasteiger partial charge on any atom is -0.316 e. The highest BCUT2D eigenvalue weighted by Gasteiger charge is 2.01. The van der Waals surface area contributed by atoms with Gasteiger partial charge >= 0.3 is 0 Å². The minimum absolute atomic E-state index is 0.729. The van der Waals surface area contributed by atoms with E-state index in [1.807, 2.05) is 12.1 Å². The van der Waals surface area contributed by atoms with Crippen molar-refractivity contribution in [2.45, 2.75) is 33.7 Å². The second-order valence-electron chi connectivity index (χ2n) is 5.15. The molecule has 102 valence electrons. The lowest BCUT2D eigenvalue weighted by molar-refractivity contribution is 0.530. The van der Waals surface area contributed by atoms with Crippen molar-refractivity contribution in [1.82, 2.24) is 10.6 Å². The molecule has 0 spiro atoms. The number of benzene rings is 1. The van der Waals surface area contributed by atoms with Gasteiger partial charge < -0.3 is 10.6 Å². The van der Waals surface area contributed by atoms with Gasteiger partial charge in [0.1, 0.15) is 0 Å². The number of hydrogen-bond acceptors (Lipinski definition) is 2. The standard InChI is InChI=1S/C15H25ClN2/c1-12(2)10-17-8-5-9-18-11-14-6-4-7-15(16)13(14)3/h4,6-7,12,17-18H,5,8-11H2,1-3H3. The maximum atomic E-state index is 6.09. The van der Waals surface area contributed by atoms with Crippen molar-refractivity contribution < 1.29 is 0 Å². The normalized spacial score (nSPS) is 11.2. The maximum Gasteiger partial charge on any atom is 0.0438 e. The second kappa shape index (κ2) is 8.52. The number of rotatable bonds is 8. The molecule has 1 aromatic carbocycles. The zero-order chi connectivity index (χ0) is 13.4. The van der Waals surface area contributed by atoms with Crippen LogP contribution >= 0.6 is 11.6 Å². The summed E-state index contributed by atoms with van der Waals surface area (Å²) in [6, 6.07) is 6.08. The predicted molar refractivity (Wildman–Crippen MR) is 80.2 cm³/mol. The molecular weight excluding hydrogens is 244 g/mol. The van der Waals surface area contributed by atoms with Gasteiger partial charge in [-0.3, -0.25) is 0 Å². The van der Waals surface area contributed by atoms with Gasteiger partial charge in [-0.05, 0) is 56.1 Å². The van der Waals surface area contributed by atoms with E-state index in [2.05, 4.69) is 37.5 Å². The van der Waals surface area contributed by atoms with Gasteiger partial charge in [-0.2, -0.15) is 0 Å². The molecule has 0 unspecified atom stereocenters. The largest absolute Gasteiger partial charge is 0.316 e. The minimum atomic E-state index is 0.729. The van der Waals surface area contributed by atoms with Gasteiger partial charge in [-0.15, -0.1) is 0 Å². The van der Waals surface area contributed by atoms with Crippen LogP contribution in [0.15, 0.2) is 18.2 Å². The van der Waals surface area contributed by atoms with Crippen LogP contribution in [-0.2, 0) is 6.54 Å². The van der Waals surface area contributed by atoms with Crippen LogP contribution in [0, 0.1) is 12.8 Å². The van der Waals surface area contributed by atoms with Crippen molar-refractivity contribution in [3.63, 3.8) is 0 Å². The zero-order valence-electron chi connectivity index (χ0n) is 11.7. The van der Waals surface area contributed by atoms with E-state index in [4.69, 9.17) is 11.6 Å². The molecule has 0 aliphatic carbocycles. The number of halogens is 1. The molecule has 0 aromatic heterocycles. The monoisotopic (exact) mass is 268 g/mol. The zero-order valence-corrected chi connectivity index (χ0v) is 12.5. The molecule has 1 rings (SSSR count). The molecule has 0 aliphatic rings. The van der Waals surface area contributed by atoms with E-state index < -0.39 is 0 Å².